The van der Waals surface area contributed by atoms with Gasteiger partial charge in [0.05, 0.1) is 12.4 Å². The van der Waals surface area contributed by atoms with E-state index in [1.165, 1.54) is 6.20 Å². The normalized spacial score (nSPS) is 19.1. The van der Waals surface area contributed by atoms with E-state index in [4.69, 9.17) is 5.11 Å². The third kappa shape index (κ3) is 2.95. The zero-order valence-electron chi connectivity index (χ0n) is 11.7. The van der Waals surface area contributed by atoms with Gasteiger partial charge in [0.2, 0.25) is 0 Å². The van der Waals surface area contributed by atoms with Crippen LogP contribution in [0.3, 0.4) is 0 Å². The molecule has 2 heterocycles. The maximum Gasteiger partial charge on any atom is 0.356 e. The summed E-state index contributed by atoms with van der Waals surface area (Å²) in [5.41, 5.74) is 0.0585. The lowest BCUT2D eigenvalue weighted by Crippen LogP contribution is -2.46. The second-order valence-corrected chi connectivity index (χ2v) is 5.40. The van der Waals surface area contributed by atoms with Gasteiger partial charge in [0.25, 0.3) is 5.91 Å². The van der Waals surface area contributed by atoms with Gasteiger partial charge in [-0.05, 0) is 25.2 Å². The minimum absolute atomic E-state index is 0.152. The van der Waals surface area contributed by atoms with Crippen molar-refractivity contribution in [2.45, 2.75) is 39.2 Å². The van der Waals surface area contributed by atoms with Gasteiger partial charge in [-0.3, -0.25) is 4.79 Å². The lowest BCUT2D eigenvalue weighted by Gasteiger charge is -2.38. The molecule has 1 N–H and O–H groups in total. The number of hydrogen-bond donors (Lipinski definition) is 1. The number of rotatable bonds is 3. The number of piperidine rings is 1. The number of carbonyl (C=O) groups excluding carboxylic acids is 1. The lowest BCUT2D eigenvalue weighted by atomic mass is 9.92. The molecule has 1 amide bonds. The van der Waals surface area contributed by atoms with Gasteiger partial charge in [0.15, 0.2) is 5.69 Å². The van der Waals surface area contributed by atoms with Gasteiger partial charge < -0.3 is 10.0 Å². The predicted octanol–water partition coefficient (Wildman–Crippen LogP) is 1.83. The fourth-order valence-electron chi connectivity index (χ4n) is 2.60. The number of aromatic nitrogens is 2. The van der Waals surface area contributed by atoms with Gasteiger partial charge in [0, 0.05) is 12.6 Å². The monoisotopic (exact) mass is 277 g/mol. The number of nitrogens with zero attached hydrogens (tertiary/aromatic N) is 3. The van der Waals surface area contributed by atoms with Crippen LogP contribution < -0.4 is 0 Å². The lowest BCUT2D eigenvalue weighted by molar-refractivity contribution is 0.0535. The van der Waals surface area contributed by atoms with Crippen LogP contribution in [0.15, 0.2) is 12.4 Å². The molecule has 1 fully saturated rings. The Bertz CT molecular complexity index is 499. The first-order chi connectivity index (χ1) is 9.50. The van der Waals surface area contributed by atoms with Gasteiger partial charge >= 0.3 is 5.97 Å². The first-order valence-electron chi connectivity index (χ1n) is 6.87. The van der Waals surface area contributed by atoms with Crippen molar-refractivity contribution in [2.24, 2.45) is 5.92 Å². The van der Waals surface area contributed by atoms with E-state index in [9.17, 15) is 9.59 Å². The van der Waals surface area contributed by atoms with Crippen LogP contribution in [-0.2, 0) is 0 Å². The van der Waals surface area contributed by atoms with E-state index in [2.05, 4.69) is 23.8 Å². The van der Waals surface area contributed by atoms with Crippen LogP contribution in [0.1, 0.15) is 54.1 Å². The quantitative estimate of drug-likeness (QED) is 0.911. The van der Waals surface area contributed by atoms with Gasteiger partial charge in [-0.2, -0.15) is 0 Å². The molecule has 108 valence electrons. The fraction of sp³-hybridized carbons (Fsp3) is 0.571. The van der Waals surface area contributed by atoms with Crippen molar-refractivity contribution in [3.8, 4) is 0 Å². The Morgan fingerprint density at radius 2 is 1.90 bits per heavy atom. The van der Waals surface area contributed by atoms with E-state index in [1.54, 1.807) is 0 Å². The van der Waals surface area contributed by atoms with E-state index in [0.717, 1.165) is 32.0 Å². The number of hydrogen-bond acceptors (Lipinski definition) is 4. The molecule has 1 atom stereocenters. The molecule has 6 heteroatoms. The van der Waals surface area contributed by atoms with E-state index in [-0.39, 0.29) is 23.3 Å². The Hall–Kier alpha value is -1.98. The Balaban J connectivity index is 2.18. The minimum Gasteiger partial charge on any atom is -0.476 e. The fourth-order valence-corrected chi connectivity index (χ4v) is 2.60. The second kappa shape index (κ2) is 5.98. The summed E-state index contributed by atoms with van der Waals surface area (Å²) in [7, 11) is 0. The summed E-state index contributed by atoms with van der Waals surface area (Å²) < 4.78 is 0. The molecule has 0 aromatic carbocycles. The third-order valence-corrected chi connectivity index (χ3v) is 3.67. The number of carboxylic acid groups (broad SMARTS) is 1. The molecule has 0 aliphatic carbocycles. The Kier molecular flexibility index (Phi) is 4.32. The van der Waals surface area contributed by atoms with Crippen molar-refractivity contribution in [3.63, 3.8) is 0 Å². The summed E-state index contributed by atoms with van der Waals surface area (Å²) >= 11 is 0. The summed E-state index contributed by atoms with van der Waals surface area (Å²) in [6, 6.07) is 0.220. The molecule has 1 aliphatic heterocycles. The molecule has 0 spiro atoms. The maximum atomic E-state index is 12.5. The summed E-state index contributed by atoms with van der Waals surface area (Å²) in [6.07, 6.45) is 5.51. The molecule has 1 aliphatic rings. The third-order valence-electron chi connectivity index (χ3n) is 3.67. The van der Waals surface area contributed by atoms with Crippen molar-refractivity contribution in [1.82, 2.24) is 14.9 Å². The Labute approximate surface area is 117 Å². The summed E-state index contributed by atoms with van der Waals surface area (Å²) in [4.78, 5) is 32.7. The molecule has 0 saturated carbocycles. The van der Waals surface area contributed by atoms with Crippen molar-refractivity contribution >= 4 is 11.9 Å². The highest BCUT2D eigenvalue weighted by atomic mass is 16.4. The van der Waals surface area contributed by atoms with Crippen LogP contribution in [0.2, 0.25) is 0 Å². The molecule has 0 radical (unpaired) electrons. The zero-order valence-corrected chi connectivity index (χ0v) is 11.7. The molecule has 0 bridgehead atoms. The summed E-state index contributed by atoms with van der Waals surface area (Å²) in [5.74, 6) is -0.909. The van der Waals surface area contributed by atoms with Crippen LogP contribution in [0, 0.1) is 5.92 Å². The molecule has 1 saturated heterocycles. The topological polar surface area (TPSA) is 83.4 Å². The highest BCUT2D eigenvalue weighted by Crippen LogP contribution is 2.24. The highest BCUT2D eigenvalue weighted by molar-refractivity contribution is 5.93. The van der Waals surface area contributed by atoms with Crippen LogP contribution in [0.5, 0.6) is 0 Å². The number of aromatic carboxylic acids is 1. The first kappa shape index (κ1) is 14.4. The van der Waals surface area contributed by atoms with E-state index >= 15 is 0 Å². The van der Waals surface area contributed by atoms with E-state index in [1.807, 2.05) is 4.90 Å². The van der Waals surface area contributed by atoms with Crippen molar-refractivity contribution in [2.75, 3.05) is 6.54 Å². The van der Waals surface area contributed by atoms with E-state index in [0.29, 0.717) is 5.92 Å². The average Bonchev–Trinajstić information content (AvgIpc) is 2.46. The van der Waals surface area contributed by atoms with Crippen molar-refractivity contribution in [1.29, 1.82) is 0 Å². The molecular formula is C14H19N3O3. The first-order valence-corrected chi connectivity index (χ1v) is 6.87. The zero-order chi connectivity index (χ0) is 14.7. The maximum absolute atomic E-state index is 12.5. The molecule has 1 aromatic rings. The average molecular weight is 277 g/mol. The number of carbonyl (C=O) groups is 2. The highest BCUT2D eigenvalue weighted by Gasteiger charge is 2.30. The number of amides is 1. The van der Waals surface area contributed by atoms with Crippen molar-refractivity contribution in [3.05, 3.63) is 23.8 Å². The molecule has 2 rings (SSSR count). The Morgan fingerprint density at radius 3 is 2.45 bits per heavy atom. The number of likely N-dealkylation sites (tertiary alicyclic amines) is 1. The van der Waals surface area contributed by atoms with Crippen LogP contribution in [0.4, 0.5) is 0 Å². The van der Waals surface area contributed by atoms with E-state index < -0.39 is 5.97 Å². The smallest absolute Gasteiger partial charge is 0.356 e. The van der Waals surface area contributed by atoms with Gasteiger partial charge in [-0.25, -0.2) is 14.8 Å². The molecular weight excluding hydrogens is 258 g/mol. The number of carboxylic acids is 1. The Morgan fingerprint density at radius 1 is 1.25 bits per heavy atom. The van der Waals surface area contributed by atoms with Crippen LogP contribution in [0.25, 0.3) is 0 Å². The van der Waals surface area contributed by atoms with Gasteiger partial charge in [0.1, 0.15) is 5.69 Å². The van der Waals surface area contributed by atoms with Crippen LogP contribution >= 0.6 is 0 Å². The second-order valence-electron chi connectivity index (χ2n) is 5.40. The molecule has 6 nitrogen and oxygen atoms in total. The SMILES string of the molecule is CC(C)C1CCCCN1C(=O)c1cnc(C(=O)O)cn1. The largest absolute Gasteiger partial charge is 0.476 e. The molecule has 1 unspecified atom stereocenters. The molecule has 1 aromatic heterocycles. The van der Waals surface area contributed by atoms with Crippen LogP contribution in [-0.4, -0.2) is 44.4 Å². The summed E-state index contributed by atoms with van der Waals surface area (Å²) in [5, 5.41) is 8.78. The summed E-state index contributed by atoms with van der Waals surface area (Å²) in [6.45, 7) is 4.94. The van der Waals surface area contributed by atoms with Gasteiger partial charge in [-0.15, -0.1) is 0 Å². The standard InChI is InChI=1S/C14H19N3O3/c1-9(2)12-5-3-4-6-17(12)13(18)10-7-16-11(8-15-10)14(19)20/h7-9,12H,3-6H2,1-2H3,(H,19,20). The molecule has 20 heavy (non-hydrogen) atoms. The van der Waals surface area contributed by atoms with Crippen molar-refractivity contribution < 1.29 is 14.7 Å². The predicted molar refractivity (Wildman–Crippen MR) is 72.5 cm³/mol. The minimum atomic E-state index is -1.14. The van der Waals surface area contributed by atoms with Gasteiger partial charge in [-0.1, -0.05) is 13.8 Å².